The summed E-state index contributed by atoms with van der Waals surface area (Å²) in [5.74, 6) is 0. The first kappa shape index (κ1) is 14.3. The molecule has 96 valence electrons. The molecule has 0 aliphatic carbocycles. The lowest BCUT2D eigenvalue weighted by Crippen LogP contribution is -2.54. The largest absolute Gasteiger partial charge is 0.314 e. The Morgan fingerprint density at radius 1 is 1.31 bits per heavy atom. The zero-order chi connectivity index (χ0) is 12.0. The molecule has 16 heavy (non-hydrogen) atoms. The molecule has 1 N–H and O–H groups in total. The summed E-state index contributed by atoms with van der Waals surface area (Å²) in [6.07, 6.45) is 6.11. The second kappa shape index (κ2) is 6.87. The standard InChI is InChI=1S/C13H28N2S/c1-5-12-10-14-8-9-15(12)11-13(6-2,7-3)16-4/h12,14H,5-11H2,1-4H3. The molecular weight excluding hydrogens is 216 g/mol. The Hall–Kier alpha value is 0.270. The number of nitrogens with one attached hydrogen (secondary N) is 1. The van der Waals surface area contributed by atoms with Crippen molar-refractivity contribution in [1.29, 1.82) is 0 Å². The van der Waals surface area contributed by atoms with Crippen LogP contribution in [0.1, 0.15) is 40.0 Å². The van der Waals surface area contributed by atoms with Crippen LogP contribution in [0.5, 0.6) is 0 Å². The highest BCUT2D eigenvalue weighted by atomic mass is 32.2. The molecule has 1 aliphatic heterocycles. The van der Waals surface area contributed by atoms with Gasteiger partial charge in [-0.15, -0.1) is 0 Å². The number of nitrogens with zero attached hydrogens (tertiary/aromatic N) is 1. The number of hydrogen-bond donors (Lipinski definition) is 1. The summed E-state index contributed by atoms with van der Waals surface area (Å²) in [5.41, 5.74) is 0. The van der Waals surface area contributed by atoms with Crippen molar-refractivity contribution < 1.29 is 0 Å². The summed E-state index contributed by atoms with van der Waals surface area (Å²) in [5, 5.41) is 3.51. The third-order valence-corrected chi connectivity index (χ3v) is 5.73. The van der Waals surface area contributed by atoms with Crippen LogP contribution in [0.2, 0.25) is 0 Å². The Kier molecular flexibility index (Phi) is 6.16. The molecule has 1 fully saturated rings. The van der Waals surface area contributed by atoms with Gasteiger partial charge in [-0.3, -0.25) is 4.90 Å². The monoisotopic (exact) mass is 244 g/mol. The Labute approximate surface area is 106 Å². The van der Waals surface area contributed by atoms with Gasteiger partial charge in [0.2, 0.25) is 0 Å². The van der Waals surface area contributed by atoms with Crippen LogP contribution in [0.3, 0.4) is 0 Å². The van der Waals surface area contributed by atoms with Gasteiger partial charge in [0.15, 0.2) is 0 Å². The molecule has 1 heterocycles. The summed E-state index contributed by atoms with van der Waals surface area (Å²) in [6, 6.07) is 0.748. The minimum atomic E-state index is 0.477. The van der Waals surface area contributed by atoms with Crippen molar-refractivity contribution in [3.8, 4) is 0 Å². The second-order valence-electron chi connectivity index (χ2n) is 4.83. The van der Waals surface area contributed by atoms with Crippen molar-refractivity contribution in [3.05, 3.63) is 0 Å². The summed E-state index contributed by atoms with van der Waals surface area (Å²) in [6.45, 7) is 11.8. The third kappa shape index (κ3) is 3.38. The highest BCUT2D eigenvalue weighted by Gasteiger charge is 2.31. The molecule has 0 bridgehead atoms. The van der Waals surface area contributed by atoms with Gasteiger partial charge in [-0.05, 0) is 25.5 Å². The van der Waals surface area contributed by atoms with Crippen molar-refractivity contribution in [2.75, 3.05) is 32.4 Å². The SMILES string of the molecule is CCC1CNCCN1CC(CC)(CC)SC. The lowest BCUT2D eigenvalue weighted by Gasteiger charge is -2.42. The second-order valence-corrected chi connectivity index (χ2v) is 6.11. The highest BCUT2D eigenvalue weighted by molar-refractivity contribution is 8.00. The number of hydrogen-bond acceptors (Lipinski definition) is 3. The maximum atomic E-state index is 3.51. The van der Waals surface area contributed by atoms with Crippen LogP contribution in [0.4, 0.5) is 0 Å². The average Bonchev–Trinajstić information content (AvgIpc) is 2.36. The quantitative estimate of drug-likeness (QED) is 0.773. The van der Waals surface area contributed by atoms with Crippen LogP contribution in [0.25, 0.3) is 0 Å². The van der Waals surface area contributed by atoms with E-state index in [2.05, 4.69) is 49.0 Å². The number of thioether (sulfide) groups is 1. The van der Waals surface area contributed by atoms with Gasteiger partial charge in [-0.1, -0.05) is 20.8 Å². The van der Waals surface area contributed by atoms with E-state index in [1.807, 2.05) is 0 Å². The van der Waals surface area contributed by atoms with Gasteiger partial charge in [0.05, 0.1) is 0 Å². The smallest absolute Gasteiger partial charge is 0.0279 e. The molecule has 0 aromatic rings. The fraction of sp³-hybridized carbons (Fsp3) is 1.00. The highest BCUT2D eigenvalue weighted by Crippen LogP contribution is 2.32. The fourth-order valence-corrected chi connectivity index (χ4v) is 3.48. The first-order chi connectivity index (χ1) is 7.71. The van der Waals surface area contributed by atoms with E-state index in [4.69, 9.17) is 0 Å². The molecule has 2 nitrogen and oxygen atoms in total. The van der Waals surface area contributed by atoms with Crippen molar-refractivity contribution in [3.63, 3.8) is 0 Å². The Morgan fingerprint density at radius 2 is 2.00 bits per heavy atom. The van der Waals surface area contributed by atoms with E-state index in [-0.39, 0.29) is 0 Å². The van der Waals surface area contributed by atoms with Crippen LogP contribution in [-0.4, -0.2) is 48.1 Å². The van der Waals surface area contributed by atoms with Crippen molar-refractivity contribution in [2.45, 2.75) is 50.8 Å². The van der Waals surface area contributed by atoms with Crippen LogP contribution >= 0.6 is 11.8 Å². The lowest BCUT2D eigenvalue weighted by atomic mass is 9.99. The predicted octanol–water partition coefficient (Wildman–Crippen LogP) is 2.59. The Bertz CT molecular complexity index is 184. The predicted molar refractivity (Wildman–Crippen MR) is 75.3 cm³/mol. The molecule has 3 heteroatoms. The van der Waals surface area contributed by atoms with E-state index >= 15 is 0 Å². The molecule has 1 unspecified atom stereocenters. The molecule has 1 atom stereocenters. The normalized spacial score (nSPS) is 23.6. The maximum absolute atomic E-state index is 3.51. The van der Waals surface area contributed by atoms with E-state index in [9.17, 15) is 0 Å². The zero-order valence-corrected chi connectivity index (χ0v) is 12.2. The van der Waals surface area contributed by atoms with Gasteiger partial charge >= 0.3 is 0 Å². The van der Waals surface area contributed by atoms with Crippen LogP contribution in [0.15, 0.2) is 0 Å². The van der Waals surface area contributed by atoms with Gasteiger partial charge in [-0.2, -0.15) is 11.8 Å². The molecule has 0 amide bonds. The third-order valence-electron chi connectivity index (χ3n) is 4.16. The van der Waals surface area contributed by atoms with Crippen LogP contribution < -0.4 is 5.32 Å². The summed E-state index contributed by atoms with van der Waals surface area (Å²) >= 11 is 2.06. The van der Waals surface area contributed by atoms with Crippen LogP contribution in [-0.2, 0) is 0 Å². The maximum Gasteiger partial charge on any atom is 0.0279 e. The lowest BCUT2D eigenvalue weighted by molar-refractivity contribution is 0.139. The summed E-state index contributed by atoms with van der Waals surface area (Å²) < 4.78 is 0.477. The van der Waals surface area contributed by atoms with E-state index in [0.29, 0.717) is 4.75 Å². The van der Waals surface area contributed by atoms with Gasteiger partial charge in [-0.25, -0.2) is 0 Å². The minimum Gasteiger partial charge on any atom is -0.314 e. The molecule has 0 saturated carbocycles. The zero-order valence-electron chi connectivity index (χ0n) is 11.4. The number of rotatable bonds is 6. The molecule has 1 saturated heterocycles. The summed E-state index contributed by atoms with van der Waals surface area (Å²) in [4.78, 5) is 2.71. The first-order valence-corrected chi connectivity index (χ1v) is 7.93. The first-order valence-electron chi connectivity index (χ1n) is 6.71. The van der Waals surface area contributed by atoms with Crippen molar-refractivity contribution in [1.82, 2.24) is 10.2 Å². The summed E-state index contributed by atoms with van der Waals surface area (Å²) in [7, 11) is 0. The van der Waals surface area contributed by atoms with Crippen molar-refractivity contribution in [2.24, 2.45) is 0 Å². The van der Waals surface area contributed by atoms with Crippen molar-refractivity contribution >= 4 is 11.8 Å². The molecule has 1 aliphatic rings. The Balaban J connectivity index is 2.61. The molecule has 0 spiro atoms. The molecule has 0 radical (unpaired) electrons. The molecule has 0 aromatic carbocycles. The van der Waals surface area contributed by atoms with E-state index in [1.54, 1.807) is 0 Å². The van der Waals surface area contributed by atoms with E-state index in [1.165, 1.54) is 38.9 Å². The van der Waals surface area contributed by atoms with Gasteiger partial charge < -0.3 is 5.32 Å². The average molecular weight is 244 g/mol. The topological polar surface area (TPSA) is 15.3 Å². The van der Waals surface area contributed by atoms with E-state index in [0.717, 1.165) is 12.6 Å². The minimum absolute atomic E-state index is 0.477. The van der Waals surface area contributed by atoms with Crippen LogP contribution in [0, 0.1) is 0 Å². The Morgan fingerprint density at radius 3 is 2.50 bits per heavy atom. The molecule has 0 aromatic heterocycles. The van der Waals surface area contributed by atoms with Gasteiger partial charge in [0.25, 0.3) is 0 Å². The van der Waals surface area contributed by atoms with Gasteiger partial charge in [0, 0.05) is 37.0 Å². The van der Waals surface area contributed by atoms with Gasteiger partial charge in [0.1, 0.15) is 0 Å². The molecule has 1 rings (SSSR count). The number of piperazine rings is 1. The fourth-order valence-electron chi connectivity index (χ4n) is 2.61. The molecular formula is C13H28N2S. The van der Waals surface area contributed by atoms with E-state index < -0.39 is 0 Å².